The summed E-state index contributed by atoms with van der Waals surface area (Å²) in [5, 5.41) is 2.98. The van der Waals surface area contributed by atoms with E-state index in [1.54, 1.807) is 24.7 Å². The summed E-state index contributed by atoms with van der Waals surface area (Å²) in [6.07, 6.45) is 7.86. The van der Waals surface area contributed by atoms with Crippen LogP contribution in [0.2, 0.25) is 0 Å². The number of nitrogens with zero attached hydrogens (tertiary/aromatic N) is 1. The van der Waals surface area contributed by atoms with Gasteiger partial charge in [-0.15, -0.1) is 0 Å². The molecule has 4 heteroatoms. The zero-order valence-corrected chi connectivity index (χ0v) is 6.66. The minimum Gasteiger partial charge on any atom is -0.370 e. The first-order valence-corrected chi connectivity index (χ1v) is 3.71. The van der Waals surface area contributed by atoms with Crippen LogP contribution in [0.15, 0.2) is 29.2 Å². The van der Waals surface area contributed by atoms with Gasteiger partial charge in [0.15, 0.2) is 0 Å². The second-order valence-electron chi connectivity index (χ2n) is 2.42. The zero-order valence-electron chi connectivity index (χ0n) is 6.66. The van der Waals surface area contributed by atoms with Gasteiger partial charge in [-0.05, 0) is 12.5 Å². The maximum Gasteiger partial charge on any atom is 0.217 e. The highest BCUT2D eigenvalue weighted by Crippen LogP contribution is 2.02. The van der Waals surface area contributed by atoms with Crippen molar-refractivity contribution in [2.24, 2.45) is 10.7 Å². The third-order valence-corrected chi connectivity index (χ3v) is 1.41. The number of hydrogen-bond acceptors (Lipinski definition) is 3. The van der Waals surface area contributed by atoms with Crippen LogP contribution < -0.4 is 11.1 Å². The van der Waals surface area contributed by atoms with Gasteiger partial charge in [0.2, 0.25) is 5.91 Å². The molecule has 0 saturated heterocycles. The molecule has 0 fully saturated rings. The summed E-state index contributed by atoms with van der Waals surface area (Å²) >= 11 is 0. The van der Waals surface area contributed by atoms with Crippen LogP contribution in [0, 0.1) is 0 Å². The summed E-state index contributed by atoms with van der Waals surface area (Å²) < 4.78 is 0. The standard InChI is InChI=1S/C8H11N3O/c9-8(12)3-2-7-6-10-4-1-5-11-7/h1,4-6,11H,2-3H2,(H2,9,12). The molecule has 4 nitrogen and oxygen atoms in total. The van der Waals surface area contributed by atoms with Gasteiger partial charge >= 0.3 is 0 Å². The van der Waals surface area contributed by atoms with Crippen molar-refractivity contribution in [1.29, 1.82) is 0 Å². The Bertz CT molecular complexity index is 253. The molecule has 0 aromatic carbocycles. The van der Waals surface area contributed by atoms with Crippen molar-refractivity contribution < 1.29 is 4.79 Å². The number of carbonyl (C=O) groups is 1. The van der Waals surface area contributed by atoms with Crippen molar-refractivity contribution in [1.82, 2.24) is 5.32 Å². The molecule has 64 valence electrons. The van der Waals surface area contributed by atoms with E-state index in [9.17, 15) is 4.79 Å². The number of carbonyl (C=O) groups excluding carboxylic acids is 1. The van der Waals surface area contributed by atoms with Crippen LogP contribution in [-0.4, -0.2) is 12.1 Å². The van der Waals surface area contributed by atoms with Gasteiger partial charge in [-0.1, -0.05) is 0 Å². The molecule has 0 atom stereocenters. The number of hydrogen-bond donors (Lipinski definition) is 2. The van der Waals surface area contributed by atoms with Gasteiger partial charge in [0, 0.05) is 30.7 Å². The van der Waals surface area contributed by atoms with Crippen molar-refractivity contribution in [2.45, 2.75) is 12.8 Å². The Hall–Kier alpha value is -1.58. The lowest BCUT2D eigenvalue weighted by molar-refractivity contribution is -0.118. The molecule has 0 bridgehead atoms. The van der Waals surface area contributed by atoms with Crippen LogP contribution in [0.25, 0.3) is 0 Å². The molecule has 1 rings (SSSR count). The smallest absolute Gasteiger partial charge is 0.217 e. The Balaban J connectivity index is 2.41. The predicted molar refractivity (Wildman–Crippen MR) is 47.3 cm³/mol. The highest BCUT2D eigenvalue weighted by atomic mass is 16.1. The van der Waals surface area contributed by atoms with Gasteiger partial charge < -0.3 is 11.1 Å². The van der Waals surface area contributed by atoms with Gasteiger partial charge in [-0.25, -0.2) is 0 Å². The normalized spacial score (nSPS) is 14.8. The van der Waals surface area contributed by atoms with Crippen LogP contribution in [0.4, 0.5) is 0 Å². The Morgan fingerprint density at radius 1 is 1.67 bits per heavy atom. The Morgan fingerprint density at radius 3 is 3.25 bits per heavy atom. The third-order valence-electron chi connectivity index (χ3n) is 1.41. The van der Waals surface area contributed by atoms with E-state index in [2.05, 4.69) is 10.3 Å². The fraction of sp³-hybridized carbons (Fsp3) is 0.250. The van der Waals surface area contributed by atoms with Crippen molar-refractivity contribution in [3.8, 4) is 0 Å². The molecule has 1 heterocycles. The van der Waals surface area contributed by atoms with Crippen molar-refractivity contribution in [2.75, 3.05) is 0 Å². The van der Waals surface area contributed by atoms with E-state index < -0.39 is 0 Å². The largest absolute Gasteiger partial charge is 0.370 e. The van der Waals surface area contributed by atoms with E-state index in [0.29, 0.717) is 12.8 Å². The molecule has 0 aliphatic carbocycles. The molecule has 1 amide bonds. The van der Waals surface area contributed by atoms with Crippen LogP contribution in [-0.2, 0) is 4.79 Å². The van der Waals surface area contributed by atoms with Crippen LogP contribution >= 0.6 is 0 Å². The summed E-state index contributed by atoms with van der Waals surface area (Å²) in [6, 6.07) is 0. The van der Waals surface area contributed by atoms with Gasteiger partial charge in [0.05, 0.1) is 0 Å². The van der Waals surface area contributed by atoms with E-state index in [-0.39, 0.29) is 5.91 Å². The van der Waals surface area contributed by atoms with E-state index in [1.807, 2.05) is 0 Å². The van der Waals surface area contributed by atoms with Crippen molar-refractivity contribution in [3.63, 3.8) is 0 Å². The van der Waals surface area contributed by atoms with Crippen LogP contribution in [0.3, 0.4) is 0 Å². The minimum absolute atomic E-state index is 0.296. The molecule has 0 aromatic rings. The first-order valence-electron chi connectivity index (χ1n) is 3.71. The van der Waals surface area contributed by atoms with Crippen LogP contribution in [0.5, 0.6) is 0 Å². The average molecular weight is 165 g/mol. The number of nitrogens with two attached hydrogens (primary N) is 1. The molecule has 3 N–H and O–H groups in total. The van der Waals surface area contributed by atoms with Gasteiger partial charge in [-0.2, -0.15) is 0 Å². The second-order valence-corrected chi connectivity index (χ2v) is 2.42. The summed E-state index contributed by atoms with van der Waals surface area (Å²) in [7, 11) is 0. The monoisotopic (exact) mass is 165 g/mol. The maximum absolute atomic E-state index is 10.4. The molecule has 12 heavy (non-hydrogen) atoms. The number of amides is 1. The Kier molecular flexibility index (Phi) is 3.07. The fourth-order valence-corrected chi connectivity index (χ4v) is 0.813. The molecule has 0 saturated carbocycles. The van der Waals surface area contributed by atoms with Gasteiger partial charge in [0.1, 0.15) is 0 Å². The Morgan fingerprint density at radius 2 is 2.50 bits per heavy atom. The summed E-state index contributed by atoms with van der Waals surface area (Å²) in [5.74, 6) is -0.296. The number of aliphatic imine (C=N–C) groups is 1. The number of nitrogens with one attached hydrogen (secondary N) is 1. The van der Waals surface area contributed by atoms with Gasteiger partial charge in [-0.3, -0.25) is 9.79 Å². The quantitative estimate of drug-likeness (QED) is 0.630. The molecule has 0 unspecified atom stereocenters. The lowest BCUT2D eigenvalue weighted by Gasteiger charge is -2.02. The zero-order chi connectivity index (χ0) is 8.81. The molecule has 1 aliphatic heterocycles. The average Bonchev–Trinajstić information content (AvgIpc) is 2.28. The first kappa shape index (κ1) is 8.52. The fourth-order valence-electron chi connectivity index (χ4n) is 0.813. The topological polar surface area (TPSA) is 67.5 Å². The Labute approximate surface area is 70.9 Å². The lowest BCUT2D eigenvalue weighted by Crippen LogP contribution is -2.13. The number of allylic oxidation sites excluding steroid dienone is 2. The van der Waals surface area contributed by atoms with E-state index >= 15 is 0 Å². The van der Waals surface area contributed by atoms with E-state index in [0.717, 1.165) is 5.70 Å². The second kappa shape index (κ2) is 4.33. The molecular formula is C8H11N3O. The summed E-state index contributed by atoms with van der Waals surface area (Å²) in [4.78, 5) is 14.4. The maximum atomic E-state index is 10.4. The highest BCUT2D eigenvalue weighted by molar-refractivity contribution is 5.74. The molecular weight excluding hydrogens is 154 g/mol. The van der Waals surface area contributed by atoms with E-state index in [1.165, 1.54) is 0 Å². The molecule has 1 aliphatic rings. The van der Waals surface area contributed by atoms with Gasteiger partial charge in [0.25, 0.3) is 0 Å². The van der Waals surface area contributed by atoms with E-state index in [4.69, 9.17) is 5.73 Å². The summed E-state index contributed by atoms with van der Waals surface area (Å²) in [5.41, 5.74) is 5.90. The summed E-state index contributed by atoms with van der Waals surface area (Å²) in [6.45, 7) is 0. The molecule has 0 radical (unpaired) electrons. The number of primary amides is 1. The minimum atomic E-state index is -0.296. The molecule has 0 spiro atoms. The molecule has 0 aromatic heterocycles. The first-order chi connectivity index (χ1) is 5.79. The lowest BCUT2D eigenvalue weighted by atomic mass is 10.2. The third kappa shape index (κ3) is 3.01. The highest BCUT2D eigenvalue weighted by Gasteiger charge is 1.98. The number of rotatable bonds is 3. The SMILES string of the molecule is NC(=O)CCC1=CN=CC=CN1. The predicted octanol–water partition coefficient (Wildman–Crippen LogP) is 0.281. The van der Waals surface area contributed by atoms with Crippen molar-refractivity contribution >= 4 is 12.1 Å². The van der Waals surface area contributed by atoms with Crippen LogP contribution in [0.1, 0.15) is 12.8 Å². The van der Waals surface area contributed by atoms with Crippen molar-refractivity contribution in [3.05, 3.63) is 24.2 Å².